The maximum atomic E-state index is 13.6. The smallest absolute Gasteiger partial charge is 0.308 e. The van der Waals surface area contributed by atoms with E-state index in [1.807, 2.05) is 0 Å². The molecule has 1 saturated heterocycles. The van der Waals surface area contributed by atoms with Crippen molar-refractivity contribution in [3.63, 3.8) is 0 Å². The van der Waals surface area contributed by atoms with Gasteiger partial charge in [0.05, 0.1) is 23.3 Å². The first kappa shape index (κ1) is 13.5. The van der Waals surface area contributed by atoms with Crippen molar-refractivity contribution in [3.8, 4) is 0 Å². The number of nitrogens with zero attached hydrogens (tertiary/aromatic N) is 2. The molecule has 2 heterocycles. The lowest BCUT2D eigenvalue weighted by molar-refractivity contribution is -0.143. The maximum absolute atomic E-state index is 13.6. The molecule has 0 aliphatic carbocycles. The van der Waals surface area contributed by atoms with Crippen LogP contribution in [0.4, 0.5) is 4.39 Å². The molecular formula is C14H14FN3O3. The molecular weight excluding hydrogens is 277 g/mol. The summed E-state index contributed by atoms with van der Waals surface area (Å²) in [6, 6.07) is 2.42. The Kier molecular flexibility index (Phi) is 3.32. The fourth-order valence-corrected chi connectivity index (χ4v) is 2.71. The van der Waals surface area contributed by atoms with E-state index < -0.39 is 17.7 Å². The zero-order valence-corrected chi connectivity index (χ0v) is 11.2. The van der Waals surface area contributed by atoms with E-state index in [4.69, 9.17) is 5.11 Å². The Morgan fingerprint density at radius 3 is 3.00 bits per heavy atom. The summed E-state index contributed by atoms with van der Waals surface area (Å²) in [4.78, 5) is 31.9. The van der Waals surface area contributed by atoms with Gasteiger partial charge in [0.1, 0.15) is 11.3 Å². The van der Waals surface area contributed by atoms with Gasteiger partial charge in [-0.2, -0.15) is 0 Å². The van der Waals surface area contributed by atoms with Crippen LogP contribution in [0.3, 0.4) is 0 Å². The fraction of sp³-hybridized carbons (Fsp3) is 0.357. The molecule has 3 rings (SSSR count). The van der Waals surface area contributed by atoms with Crippen molar-refractivity contribution in [3.05, 3.63) is 29.8 Å². The highest BCUT2D eigenvalue weighted by atomic mass is 19.1. The van der Waals surface area contributed by atoms with Crippen LogP contribution in [0.25, 0.3) is 11.0 Å². The van der Waals surface area contributed by atoms with Gasteiger partial charge in [-0.3, -0.25) is 9.59 Å². The quantitative estimate of drug-likeness (QED) is 0.880. The lowest BCUT2D eigenvalue weighted by Gasteiger charge is -2.30. The molecule has 2 aromatic rings. The second kappa shape index (κ2) is 5.16. The lowest BCUT2D eigenvalue weighted by Crippen LogP contribution is -2.42. The van der Waals surface area contributed by atoms with E-state index in [1.165, 1.54) is 17.3 Å². The van der Waals surface area contributed by atoms with Gasteiger partial charge in [0, 0.05) is 13.1 Å². The predicted octanol–water partition coefficient (Wildman–Crippen LogP) is 1.64. The molecule has 0 saturated carbocycles. The number of fused-ring (bicyclic) bond motifs is 1. The molecule has 21 heavy (non-hydrogen) atoms. The highest BCUT2D eigenvalue weighted by Gasteiger charge is 2.29. The molecule has 0 spiro atoms. The second-order valence-electron chi connectivity index (χ2n) is 5.18. The molecule has 1 fully saturated rings. The van der Waals surface area contributed by atoms with Gasteiger partial charge >= 0.3 is 5.97 Å². The van der Waals surface area contributed by atoms with E-state index in [-0.39, 0.29) is 18.0 Å². The number of aliphatic carboxylic acids is 1. The van der Waals surface area contributed by atoms with Crippen molar-refractivity contribution in [2.45, 2.75) is 12.8 Å². The summed E-state index contributed by atoms with van der Waals surface area (Å²) in [6.07, 6.45) is 2.58. The number of halogens is 1. The van der Waals surface area contributed by atoms with E-state index >= 15 is 0 Å². The third kappa shape index (κ3) is 2.46. The number of likely N-dealkylation sites (tertiary alicyclic amines) is 1. The molecule has 1 aromatic heterocycles. The first-order valence-corrected chi connectivity index (χ1v) is 6.71. The van der Waals surface area contributed by atoms with Gasteiger partial charge in [-0.1, -0.05) is 0 Å². The molecule has 1 aliphatic heterocycles. The largest absolute Gasteiger partial charge is 0.481 e. The van der Waals surface area contributed by atoms with Crippen LogP contribution in [0, 0.1) is 11.7 Å². The second-order valence-corrected chi connectivity index (χ2v) is 5.18. The number of imidazole rings is 1. The monoisotopic (exact) mass is 291 g/mol. The number of aromatic nitrogens is 2. The zero-order chi connectivity index (χ0) is 15.0. The van der Waals surface area contributed by atoms with Gasteiger partial charge < -0.3 is 15.0 Å². The van der Waals surface area contributed by atoms with Crippen molar-refractivity contribution < 1.29 is 19.1 Å². The fourth-order valence-electron chi connectivity index (χ4n) is 2.71. The van der Waals surface area contributed by atoms with Gasteiger partial charge in [0.2, 0.25) is 0 Å². The standard InChI is InChI=1S/C14H14FN3O3/c15-9-4-10(12-11(5-9)16-7-17-12)13(19)18-3-1-2-8(6-18)14(20)21/h4-5,7-8H,1-3,6H2,(H,16,17)(H,20,21). The Balaban J connectivity index is 1.93. The first-order valence-electron chi connectivity index (χ1n) is 6.71. The molecule has 0 bridgehead atoms. The lowest BCUT2D eigenvalue weighted by atomic mass is 9.97. The summed E-state index contributed by atoms with van der Waals surface area (Å²) in [6.45, 7) is 0.627. The number of benzene rings is 1. The summed E-state index contributed by atoms with van der Waals surface area (Å²) >= 11 is 0. The minimum Gasteiger partial charge on any atom is -0.481 e. The molecule has 6 nitrogen and oxygen atoms in total. The Bertz CT molecular complexity index is 713. The Hall–Kier alpha value is -2.44. The number of hydrogen-bond acceptors (Lipinski definition) is 3. The summed E-state index contributed by atoms with van der Waals surface area (Å²) in [5, 5.41) is 9.08. The van der Waals surface area contributed by atoms with Gasteiger partial charge in [-0.25, -0.2) is 9.37 Å². The number of piperidine rings is 1. The van der Waals surface area contributed by atoms with E-state index in [2.05, 4.69) is 9.97 Å². The highest BCUT2D eigenvalue weighted by Crippen LogP contribution is 2.23. The molecule has 1 amide bonds. The summed E-state index contributed by atoms with van der Waals surface area (Å²) in [5.41, 5.74) is 1.02. The van der Waals surface area contributed by atoms with Gasteiger partial charge in [0.15, 0.2) is 0 Å². The van der Waals surface area contributed by atoms with Crippen molar-refractivity contribution in [1.82, 2.24) is 14.9 Å². The van der Waals surface area contributed by atoms with Gasteiger partial charge in [-0.05, 0) is 25.0 Å². The van der Waals surface area contributed by atoms with Crippen LogP contribution in [0.2, 0.25) is 0 Å². The predicted molar refractivity (Wildman–Crippen MR) is 72.3 cm³/mol. The molecule has 1 unspecified atom stereocenters. The van der Waals surface area contributed by atoms with Crippen LogP contribution >= 0.6 is 0 Å². The number of carboxylic acids is 1. The van der Waals surface area contributed by atoms with Crippen LogP contribution in [0.1, 0.15) is 23.2 Å². The normalized spacial score (nSPS) is 18.9. The summed E-state index contributed by atoms with van der Waals surface area (Å²) in [7, 11) is 0. The number of aromatic amines is 1. The van der Waals surface area contributed by atoms with E-state index in [0.29, 0.717) is 30.4 Å². The highest BCUT2D eigenvalue weighted by molar-refractivity contribution is 6.05. The van der Waals surface area contributed by atoms with E-state index in [0.717, 1.165) is 6.07 Å². The van der Waals surface area contributed by atoms with Crippen LogP contribution in [-0.4, -0.2) is 44.9 Å². The number of nitrogens with one attached hydrogen (secondary N) is 1. The minimum atomic E-state index is -0.906. The van der Waals surface area contributed by atoms with Gasteiger partial charge in [0.25, 0.3) is 5.91 Å². The number of amides is 1. The molecule has 1 aromatic carbocycles. The number of rotatable bonds is 2. The van der Waals surface area contributed by atoms with Crippen LogP contribution in [0.15, 0.2) is 18.5 Å². The Morgan fingerprint density at radius 2 is 2.24 bits per heavy atom. The number of carbonyl (C=O) groups is 2. The van der Waals surface area contributed by atoms with Crippen molar-refractivity contribution in [2.75, 3.05) is 13.1 Å². The molecule has 7 heteroatoms. The van der Waals surface area contributed by atoms with Crippen molar-refractivity contribution in [2.24, 2.45) is 5.92 Å². The minimum absolute atomic E-state index is 0.149. The van der Waals surface area contributed by atoms with Crippen LogP contribution in [0.5, 0.6) is 0 Å². The number of carbonyl (C=O) groups excluding carboxylic acids is 1. The third-order valence-corrected chi connectivity index (χ3v) is 3.78. The summed E-state index contributed by atoms with van der Waals surface area (Å²) in [5.74, 6) is -2.37. The topological polar surface area (TPSA) is 86.3 Å². The zero-order valence-electron chi connectivity index (χ0n) is 11.2. The SMILES string of the molecule is O=C(O)C1CCCN(C(=O)c2cc(F)cc3[nH]cnc23)C1. The number of H-pyrrole nitrogens is 1. The molecule has 0 radical (unpaired) electrons. The average molecular weight is 291 g/mol. The van der Waals surface area contributed by atoms with Crippen molar-refractivity contribution >= 4 is 22.9 Å². The Labute approximate surface area is 119 Å². The Morgan fingerprint density at radius 1 is 1.43 bits per heavy atom. The first-order chi connectivity index (χ1) is 10.1. The van der Waals surface area contributed by atoms with Gasteiger partial charge in [-0.15, -0.1) is 0 Å². The maximum Gasteiger partial charge on any atom is 0.308 e. The summed E-state index contributed by atoms with van der Waals surface area (Å²) < 4.78 is 13.6. The van der Waals surface area contributed by atoms with E-state index in [1.54, 1.807) is 0 Å². The molecule has 1 atom stereocenters. The third-order valence-electron chi connectivity index (χ3n) is 3.78. The molecule has 110 valence electrons. The molecule has 1 aliphatic rings. The number of carboxylic acid groups (broad SMARTS) is 1. The molecule has 2 N–H and O–H groups in total. The average Bonchev–Trinajstić information content (AvgIpc) is 2.93. The van der Waals surface area contributed by atoms with Crippen molar-refractivity contribution in [1.29, 1.82) is 0 Å². The van der Waals surface area contributed by atoms with E-state index in [9.17, 15) is 14.0 Å². The van der Waals surface area contributed by atoms with Crippen LogP contribution in [-0.2, 0) is 4.79 Å². The van der Waals surface area contributed by atoms with Crippen LogP contribution < -0.4 is 0 Å². The number of hydrogen-bond donors (Lipinski definition) is 2.